The van der Waals surface area contributed by atoms with Gasteiger partial charge in [-0.1, -0.05) is 13.8 Å². The van der Waals surface area contributed by atoms with Gasteiger partial charge in [0, 0.05) is 37.3 Å². The zero-order valence-corrected chi connectivity index (χ0v) is 10.0. The lowest BCUT2D eigenvalue weighted by molar-refractivity contribution is 0.568. The molecular formula is C12H21N3. The van der Waals surface area contributed by atoms with Crippen molar-refractivity contribution in [3.05, 3.63) is 17.0 Å². The van der Waals surface area contributed by atoms with Gasteiger partial charge in [-0.25, -0.2) is 0 Å². The first kappa shape index (κ1) is 10.7. The highest BCUT2D eigenvalue weighted by Crippen LogP contribution is 2.27. The van der Waals surface area contributed by atoms with Crippen molar-refractivity contribution in [3.8, 4) is 0 Å². The molecule has 0 radical (unpaired) electrons. The summed E-state index contributed by atoms with van der Waals surface area (Å²) >= 11 is 0. The van der Waals surface area contributed by atoms with Gasteiger partial charge in [0.15, 0.2) is 0 Å². The Hall–Kier alpha value is -0.830. The first-order valence-electron chi connectivity index (χ1n) is 6.07. The molecule has 1 aromatic heterocycles. The van der Waals surface area contributed by atoms with E-state index in [9.17, 15) is 0 Å². The molecule has 2 rings (SSSR count). The summed E-state index contributed by atoms with van der Waals surface area (Å²) in [6.07, 6.45) is 2.28. The molecular weight excluding hydrogens is 186 g/mol. The number of fused-ring (bicyclic) bond motifs is 1. The molecule has 0 bridgehead atoms. The minimum atomic E-state index is 0.626. The van der Waals surface area contributed by atoms with E-state index in [-0.39, 0.29) is 0 Å². The number of nitrogens with one attached hydrogen (secondary N) is 1. The summed E-state index contributed by atoms with van der Waals surface area (Å²) in [7, 11) is 0. The summed E-state index contributed by atoms with van der Waals surface area (Å²) in [5.41, 5.74) is 4.26. The molecule has 0 amide bonds. The molecule has 0 aromatic carbocycles. The average Bonchev–Trinajstić information content (AvgIpc) is 2.66. The van der Waals surface area contributed by atoms with Gasteiger partial charge < -0.3 is 5.32 Å². The highest BCUT2D eigenvalue weighted by atomic mass is 15.3. The van der Waals surface area contributed by atoms with Crippen LogP contribution < -0.4 is 5.32 Å². The van der Waals surface area contributed by atoms with Gasteiger partial charge >= 0.3 is 0 Å². The van der Waals surface area contributed by atoms with Crippen molar-refractivity contribution in [3.63, 3.8) is 0 Å². The van der Waals surface area contributed by atoms with Gasteiger partial charge in [-0.05, 0) is 19.3 Å². The lowest BCUT2D eigenvalue weighted by Crippen LogP contribution is -2.24. The summed E-state index contributed by atoms with van der Waals surface area (Å²) in [6.45, 7) is 9.81. The second-order valence-electron chi connectivity index (χ2n) is 4.36. The lowest BCUT2D eigenvalue weighted by Gasteiger charge is -2.16. The van der Waals surface area contributed by atoms with E-state index in [4.69, 9.17) is 5.10 Å². The van der Waals surface area contributed by atoms with Crippen LogP contribution in [0.25, 0.3) is 0 Å². The Morgan fingerprint density at radius 3 is 2.93 bits per heavy atom. The predicted molar refractivity (Wildman–Crippen MR) is 62.0 cm³/mol. The van der Waals surface area contributed by atoms with Crippen LogP contribution >= 0.6 is 0 Å². The molecule has 1 atom stereocenters. The van der Waals surface area contributed by atoms with Crippen molar-refractivity contribution in [1.82, 2.24) is 15.1 Å². The van der Waals surface area contributed by atoms with Crippen molar-refractivity contribution in [2.24, 2.45) is 0 Å². The Bertz CT molecular complexity index is 341. The third kappa shape index (κ3) is 1.81. The Kier molecular flexibility index (Phi) is 3.10. The van der Waals surface area contributed by atoms with Gasteiger partial charge in [0.2, 0.25) is 0 Å². The zero-order valence-electron chi connectivity index (χ0n) is 10.0. The number of rotatable bonds is 3. The highest BCUT2D eigenvalue weighted by molar-refractivity contribution is 5.31. The fraction of sp³-hybridized carbons (Fsp3) is 0.750. The second-order valence-corrected chi connectivity index (χ2v) is 4.36. The van der Waals surface area contributed by atoms with Crippen molar-refractivity contribution in [2.75, 3.05) is 6.54 Å². The molecule has 1 aliphatic rings. The van der Waals surface area contributed by atoms with Gasteiger partial charge in [-0.15, -0.1) is 0 Å². The van der Waals surface area contributed by atoms with Crippen molar-refractivity contribution >= 4 is 0 Å². The molecule has 0 fully saturated rings. The van der Waals surface area contributed by atoms with Crippen LogP contribution in [0.5, 0.6) is 0 Å². The van der Waals surface area contributed by atoms with E-state index < -0.39 is 0 Å². The summed E-state index contributed by atoms with van der Waals surface area (Å²) in [5.74, 6) is 0.626. The molecule has 0 aliphatic carbocycles. The van der Waals surface area contributed by atoms with Crippen LogP contribution in [0.4, 0.5) is 0 Å². The molecule has 0 spiro atoms. The summed E-state index contributed by atoms with van der Waals surface area (Å²) in [5, 5.41) is 8.16. The maximum absolute atomic E-state index is 4.71. The molecule has 15 heavy (non-hydrogen) atoms. The van der Waals surface area contributed by atoms with Crippen molar-refractivity contribution in [2.45, 2.75) is 52.6 Å². The lowest BCUT2D eigenvalue weighted by atomic mass is 9.97. The van der Waals surface area contributed by atoms with Gasteiger partial charge in [0.25, 0.3) is 0 Å². The molecule has 3 heteroatoms. The minimum absolute atomic E-state index is 0.626. The smallest absolute Gasteiger partial charge is 0.0685 e. The fourth-order valence-electron chi connectivity index (χ4n) is 2.36. The molecule has 3 nitrogen and oxygen atoms in total. The van der Waals surface area contributed by atoms with Crippen LogP contribution in [0.3, 0.4) is 0 Å². The van der Waals surface area contributed by atoms with E-state index in [2.05, 4.69) is 30.8 Å². The topological polar surface area (TPSA) is 29.9 Å². The number of aryl methyl sites for hydroxylation is 1. The van der Waals surface area contributed by atoms with Crippen LogP contribution in [0, 0.1) is 0 Å². The highest BCUT2D eigenvalue weighted by Gasteiger charge is 2.22. The largest absolute Gasteiger partial charge is 0.312 e. The van der Waals surface area contributed by atoms with Crippen LogP contribution in [0.1, 0.15) is 50.1 Å². The molecule has 1 aliphatic heterocycles. The number of nitrogens with zero attached hydrogens (tertiary/aromatic N) is 2. The Morgan fingerprint density at radius 1 is 1.47 bits per heavy atom. The maximum Gasteiger partial charge on any atom is 0.0685 e. The number of aromatic nitrogens is 2. The first-order chi connectivity index (χ1) is 7.27. The molecule has 1 N–H and O–H groups in total. The molecule has 2 heterocycles. The zero-order chi connectivity index (χ0) is 10.8. The first-order valence-corrected chi connectivity index (χ1v) is 6.07. The van der Waals surface area contributed by atoms with E-state index in [0.29, 0.717) is 5.92 Å². The molecule has 0 saturated carbocycles. The van der Waals surface area contributed by atoms with Gasteiger partial charge in [-0.2, -0.15) is 5.10 Å². The van der Waals surface area contributed by atoms with Crippen molar-refractivity contribution in [1.29, 1.82) is 0 Å². The van der Waals surface area contributed by atoms with E-state index >= 15 is 0 Å². The fourth-order valence-corrected chi connectivity index (χ4v) is 2.36. The number of hydrogen-bond acceptors (Lipinski definition) is 2. The Morgan fingerprint density at radius 2 is 2.27 bits per heavy atom. The SMILES string of the molecule is CCC(C)c1c2c(nn1CC)CCNC2. The average molecular weight is 207 g/mol. The van der Waals surface area contributed by atoms with E-state index in [1.54, 1.807) is 0 Å². The minimum Gasteiger partial charge on any atom is -0.312 e. The van der Waals surface area contributed by atoms with Crippen LogP contribution in [0.2, 0.25) is 0 Å². The molecule has 84 valence electrons. The van der Waals surface area contributed by atoms with Gasteiger partial charge in [0.05, 0.1) is 5.69 Å². The van der Waals surface area contributed by atoms with Gasteiger partial charge in [0.1, 0.15) is 0 Å². The normalized spacial score (nSPS) is 17.5. The quantitative estimate of drug-likeness (QED) is 0.822. The van der Waals surface area contributed by atoms with Crippen LogP contribution in [0.15, 0.2) is 0 Å². The van der Waals surface area contributed by atoms with Crippen LogP contribution in [-0.2, 0) is 19.5 Å². The predicted octanol–water partition coefficient (Wildman–Crippen LogP) is 2.06. The van der Waals surface area contributed by atoms with Gasteiger partial charge in [-0.3, -0.25) is 4.68 Å². The third-order valence-electron chi connectivity index (χ3n) is 3.40. The summed E-state index contributed by atoms with van der Waals surface area (Å²) in [4.78, 5) is 0. The van der Waals surface area contributed by atoms with E-state index in [1.165, 1.54) is 23.4 Å². The standard InChI is InChI=1S/C12H21N3/c1-4-9(3)12-10-8-13-7-6-11(10)14-15(12)5-2/h9,13H,4-8H2,1-3H3. The number of hydrogen-bond donors (Lipinski definition) is 1. The molecule has 1 unspecified atom stereocenters. The van der Waals surface area contributed by atoms with E-state index in [0.717, 1.165) is 26.1 Å². The summed E-state index contributed by atoms with van der Waals surface area (Å²) in [6, 6.07) is 0. The third-order valence-corrected chi connectivity index (χ3v) is 3.40. The van der Waals surface area contributed by atoms with E-state index in [1.807, 2.05) is 0 Å². The molecule has 1 aromatic rings. The maximum atomic E-state index is 4.71. The monoisotopic (exact) mass is 207 g/mol. The Balaban J connectivity index is 2.44. The summed E-state index contributed by atoms with van der Waals surface area (Å²) < 4.78 is 2.20. The second kappa shape index (κ2) is 4.35. The van der Waals surface area contributed by atoms with Crippen LogP contribution in [-0.4, -0.2) is 16.3 Å². The van der Waals surface area contributed by atoms with Crippen molar-refractivity contribution < 1.29 is 0 Å². The Labute approximate surface area is 91.9 Å². The molecule has 0 saturated heterocycles.